The molecule has 50 heavy (non-hydrogen) atoms. The van der Waals surface area contributed by atoms with Crippen molar-refractivity contribution in [2.24, 2.45) is 28.7 Å². The van der Waals surface area contributed by atoms with Gasteiger partial charge in [0.1, 0.15) is 79.4 Å². The van der Waals surface area contributed by atoms with E-state index in [1.807, 2.05) is 0 Å². The first kappa shape index (κ1) is 41.4. The quantitative estimate of drug-likeness (QED) is 0.0835. The summed E-state index contributed by atoms with van der Waals surface area (Å²) in [7, 11) is 0. The molecule has 292 valence electrons. The number of amides is 1. The Morgan fingerprint density at radius 3 is 1.76 bits per heavy atom. The van der Waals surface area contributed by atoms with E-state index >= 15 is 0 Å². The van der Waals surface area contributed by atoms with Gasteiger partial charge < -0.3 is 108 Å². The van der Waals surface area contributed by atoms with Crippen LogP contribution in [0.3, 0.4) is 0 Å². The van der Waals surface area contributed by atoms with Gasteiger partial charge in [0.25, 0.3) is 5.91 Å². The molecule has 22 nitrogen and oxygen atoms in total. The van der Waals surface area contributed by atoms with Crippen molar-refractivity contribution in [2.45, 2.75) is 135 Å². The largest absolute Gasteiger partial charge is 0.394 e. The van der Waals surface area contributed by atoms with Gasteiger partial charge in [0.05, 0.1) is 31.3 Å². The number of halogens is 1. The van der Waals surface area contributed by atoms with Crippen molar-refractivity contribution in [3.05, 3.63) is 0 Å². The minimum atomic E-state index is -2.20. The summed E-state index contributed by atoms with van der Waals surface area (Å²) in [5.74, 6) is -1.24. The molecule has 1 amide bonds. The van der Waals surface area contributed by atoms with E-state index in [1.54, 1.807) is 0 Å². The first-order chi connectivity index (χ1) is 23.6. The van der Waals surface area contributed by atoms with Crippen LogP contribution < -0.4 is 34.0 Å². The minimum Gasteiger partial charge on any atom is -0.394 e. The molecule has 0 bridgehead atoms. The maximum atomic E-state index is 14.0. The van der Waals surface area contributed by atoms with E-state index in [-0.39, 0.29) is 13.0 Å². The van der Waals surface area contributed by atoms with Crippen molar-refractivity contribution in [1.29, 1.82) is 0 Å². The zero-order valence-corrected chi connectivity index (χ0v) is 26.8. The Morgan fingerprint density at radius 2 is 1.22 bits per heavy atom. The summed E-state index contributed by atoms with van der Waals surface area (Å²) in [5.41, 5.74) is 29.2. The van der Waals surface area contributed by atoms with Gasteiger partial charge in [-0.05, 0) is 6.42 Å². The number of alkyl halides is 1. The monoisotopic (exact) mass is 734 g/mol. The summed E-state index contributed by atoms with van der Waals surface area (Å²) in [6.45, 7) is -2.44. The Bertz CT molecular complexity index is 1090. The number of hydrogen-bond donors (Lipinski definition) is 15. The van der Waals surface area contributed by atoms with E-state index in [0.29, 0.717) is 0 Å². The van der Waals surface area contributed by atoms with Gasteiger partial charge in [-0.3, -0.25) is 4.79 Å². The summed E-state index contributed by atoms with van der Waals surface area (Å²) in [5, 5.41) is 95.9. The fraction of sp³-hybridized carbons (Fsp3) is 0.963. The molecule has 1 saturated carbocycles. The van der Waals surface area contributed by atoms with Crippen LogP contribution in [0.1, 0.15) is 6.42 Å². The third-order valence-corrected chi connectivity index (χ3v) is 9.44. The lowest BCUT2D eigenvalue weighted by Gasteiger charge is -2.48. The van der Waals surface area contributed by atoms with Crippen LogP contribution in [-0.4, -0.2) is 207 Å². The highest BCUT2D eigenvalue weighted by molar-refractivity contribution is 5.81. The standard InChI is InChI=1S/C27H51FN6O16/c28-6(2-29)14(37)24(44)34-8-1-7(31)21(48-26-13(33)19(42)17(40)10(4-35)46-26)23(15(8)38)50-27-20(43)22(11(5-36)47-27)49-25-12(32)18(41)16(39)9(3-30)45-25/h6-23,25-27,35-43H,1-5,29-33H2,(H,34,44)/t6-,7-,8+,9-,10+,11+,12+,13+,14?,15-,16+,17+,18+,19+,20+,21+,22+,23+,25+,26+,27-/m0/s1. The molecule has 0 spiro atoms. The molecule has 3 saturated heterocycles. The van der Waals surface area contributed by atoms with Crippen LogP contribution in [0, 0.1) is 0 Å². The summed E-state index contributed by atoms with van der Waals surface area (Å²) in [6, 6.07) is -5.29. The number of ether oxygens (including phenoxy) is 6. The normalized spacial score (nSPS) is 48.3. The van der Waals surface area contributed by atoms with Crippen molar-refractivity contribution in [3.8, 4) is 0 Å². The lowest BCUT2D eigenvalue weighted by atomic mass is 9.83. The maximum absolute atomic E-state index is 14.0. The van der Waals surface area contributed by atoms with Gasteiger partial charge in [-0.15, -0.1) is 0 Å². The van der Waals surface area contributed by atoms with Crippen molar-refractivity contribution < 1.29 is 83.6 Å². The molecule has 4 aliphatic rings. The van der Waals surface area contributed by atoms with E-state index in [9.17, 15) is 55.1 Å². The van der Waals surface area contributed by atoms with Crippen molar-refractivity contribution in [1.82, 2.24) is 5.32 Å². The van der Waals surface area contributed by atoms with Gasteiger partial charge in [0.2, 0.25) is 0 Å². The zero-order valence-electron chi connectivity index (χ0n) is 26.8. The predicted molar refractivity (Wildman–Crippen MR) is 160 cm³/mol. The Hall–Kier alpha value is -1.40. The molecule has 0 aromatic rings. The van der Waals surface area contributed by atoms with Gasteiger partial charge in [0.15, 0.2) is 25.0 Å². The van der Waals surface area contributed by atoms with Crippen LogP contribution in [0.5, 0.6) is 0 Å². The summed E-state index contributed by atoms with van der Waals surface area (Å²) in [6.07, 6.45) is -27.6. The number of carbonyl (C=O) groups is 1. The minimum absolute atomic E-state index is 0.235. The summed E-state index contributed by atoms with van der Waals surface area (Å²) in [4.78, 5) is 12.6. The Kier molecular flexibility index (Phi) is 14.6. The number of nitrogens with two attached hydrogens (primary N) is 5. The molecular weight excluding hydrogens is 683 g/mol. The van der Waals surface area contributed by atoms with E-state index in [2.05, 4.69) is 5.32 Å². The fourth-order valence-electron chi connectivity index (χ4n) is 6.37. The number of rotatable bonds is 13. The average Bonchev–Trinajstić information content (AvgIpc) is 3.40. The van der Waals surface area contributed by atoms with E-state index in [4.69, 9.17) is 57.1 Å². The molecule has 23 heteroatoms. The second kappa shape index (κ2) is 17.6. The number of aliphatic hydroxyl groups excluding tert-OH is 9. The topological polar surface area (TPSA) is 397 Å². The van der Waals surface area contributed by atoms with Crippen molar-refractivity contribution in [2.75, 3.05) is 26.3 Å². The molecular formula is C27H51FN6O16. The van der Waals surface area contributed by atoms with Crippen LogP contribution >= 0.6 is 0 Å². The molecule has 1 aliphatic carbocycles. The second-order valence-electron chi connectivity index (χ2n) is 12.8. The van der Waals surface area contributed by atoms with E-state index in [0.717, 1.165) is 0 Å². The van der Waals surface area contributed by atoms with Gasteiger partial charge in [-0.25, -0.2) is 4.39 Å². The Morgan fingerprint density at radius 1 is 0.720 bits per heavy atom. The summed E-state index contributed by atoms with van der Waals surface area (Å²) >= 11 is 0. The van der Waals surface area contributed by atoms with Crippen LogP contribution in [0.2, 0.25) is 0 Å². The molecule has 0 aromatic carbocycles. The molecule has 4 fully saturated rings. The molecule has 4 rings (SSSR count). The predicted octanol–water partition coefficient (Wildman–Crippen LogP) is -10.0. The number of nitrogens with one attached hydrogen (secondary N) is 1. The molecule has 0 radical (unpaired) electrons. The highest BCUT2D eigenvalue weighted by atomic mass is 19.1. The summed E-state index contributed by atoms with van der Waals surface area (Å²) < 4.78 is 48.5. The third-order valence-electron chi connectivity index (χ3n) is 9.44. The fourth-order valence-corrected chi connectivity index (χ4v) is 6.37. The number of hydrogen-bond acceptors (Lipinski definition) is 21. The van der Waals surface area contributed by atoms with Crippen molar-refractivity contribution >= 4 is 5.91 Å². The lowest BCUT2D eigenvalue weighted by Crippen LogP contribution is -2.69. The van der Waals surface area contributed by atoms with Crippen molar-refractivity contribution in [3.63, 3.8) is 0 Å². The van der Waals surface area contributed by atoms with Gasteiger partial charge >= 0.3 is 0 Å². The van der Waals surface area contributed by atoms with Crippen LogP contribution in [0.25, 0.3) is 0 Å². The highest BCUT2D eigenvalue weighted by Gasteiger charge is 2.55. The van der Waals surface area contributed by atoms with Gasteiger partial charge in [-0.2, -0.15) is 0 Å². The maximum Gasteiger partial charge on any atom is 0.252 e. The molecule has 3 aliphatic heterocycles. The first-order valence-corrected chi connectivity index (χ1v) is 16.1. The smallest absolute Gasteiger partial charge is 0.252 e. The Balaban J connectivity index is 1.58. The molecule has 1 unspecified atom stereocenters. The zero-order chi connectivity index (χ0) is 37.2. The molecule has 20 N–H and O–H groups in total. The number of carbonyl (C=O) groups excluding carboxylic acids is 1. The average molecular weight is 735 g/mol. The van der Waals surface area contributed by atoms with E-state index in [1.165, 1.54) is 0 Å². The molecule has 3 heterocycles. The van der Waals surface area contributed by atoms with Gasteiger partial charge in [-0.1, -0.05) is 0 Å². The first-order valence-electron chi connectivity index (χ1n) is 16.1. The number of aliphatic hydroxyl groups is 9. The SMILES string of the molecule is NC[C@@H]1O[C@H](O[C@H]2[C@@H](O)[C@H](O[C@@H]3[C@@H](O)[C@H](NC(=O)C(O)[C@@H](F)CN)C[C@H](N)[C@H]3O[C@H]3O[C@H](CO)[C@@H](O)[C@H](O)[C@H]3N)O[C@@H]2CO)[C@H](N)[C@@H](O)[C@@H]1O. The molecule has 21 atom stereocenters. The van der Waals surface area contributed by atoms with Crippen LogP contribution in [0.4, 0.5) is 4.39 Å². The van der Waals surface area contributed by atoms with Crippen LogP contribution in [-0.2, 0) is 33.2 Å². The van der Waals surface area contributed by atoms with Gasteiger partial charge in [0, 0.05) is 19.1 Å². The van der Waals surface area contributed by atoms with Crippen LogP contribution in [0.15, 0.2) is 0 Å². The lowest BCUT2D eigenvalue weighted by molar-refractivity contribution is -0.311. The highest BCUT2D eigenvalue weighted by Crippen LogP contribution is 2.34. The van der Waals surface area contributed by atoms with E-state index < -0.39 is 154 Å². The molecule has 0 aromatic heterocycles. The Labute approximate surface area is 285 Å². The third kappa shape index (κ3) is 8.53. The second-order valence-corrected chi connectivity index (χ2v) is 12.8.